The van der Waals surface area contributed by atoms with Gasteiger partial charge in [0.1, 0.15) is 5.75 Å². The van der Waals surface area contributed by atoms with E-state index in [1.165, 1.54) is 0 Å². The molecule has 1 fully saturated rings. The summed E-state index contributed by atoms with van der Waals surface area (Å²) in [7, 11) is 0. The summed E-state index contributed by atoms with van der Waals surface area (Å²) < 4.78 is 29.6. The number of hydrogen-bond donors (Lipinski definition) is 1. The Bertz CT molecular complexity index is 773. The minimum atomic E-state index is -2.89. The first-order valence-electron chi connectivity index (χ1n) is 8.52. The number of aryl methyl sites for hydroxylation is 2. The molecule has 0 radical (unpaired) electrons. The van der Waals surface area contributed by atoms with Crippen molar-refractivity contribution < 1.29 is 18.3 Å². The van der Waals surface area contributed by atoms with Crippen molar-refractivity contribution >= 4 is 5.91 Å². The molecule has 1 aliphatic rings. The third kappa shape index (κ3) is 3.70. The highest BCUT2D eigenvalue weighted by Crippen LogP contribution is 2.30. The van der Waals surface area contributed by atoms with Gasteiger partial charge in [-0.25, -0.2) is 0 Å². The molecule has 4 nitrogen and oxygen atoms in total. The van der Waals surface area contributed by atoms with E-state index in [9.17, 15) is 13.6 Å². The van der Waals surface area contributed by atoms with Gasteiger partial charge < -0.3 is 15.4 Å². The number of likely N-dealkylation sites (tertiary alicyclic amines) is 1. The van der Waals surface area contributed by atoms with Crippen molar-refractivity contribution in [3.05, 3.63) is 64.7 Å². The molecule has 2 aromatic rings. The van der Waals surface area contributed by atoms with Crippen molar-refractivity contribution in [1.29, 1.82) is 0 Å². The van der Waals surface area contributed by atoms with Crippen LogP contribution < -0.4 is 10.5 Å². The Morgan fingerprint density at radius 2 is 1.77 bits per heavy atom. The van der Waals surface area contributed by atoms with Crippen LogP contribution in [0.1, 0.15) is 33.0 Å². The Morgan fingerprint density at radius 1 is 1.15 bits per heavy atom. The van der Waals surface area contributed by atoms with Crippen LogP contribution in [-0.4, -0.2) is 36.5 Å². The highest BCUT2D eigenvalue weighted by atomic mass is 19.3. The summed E-state index contributed by atoms with van der Waals surface area (Å²) in [5.41, 5.74) is 8.86. The molecule has 0 spiro atoms. The van der Waals surface area contributed by atoms with Crippen molar-refractivity contribution in [2.45, 2.75) is 32.4 Å². The zero-order chi connectivity index (χ0) is 18.8. The van der Waals surface area contributed by atoms with Crippen molar-refractivity contribution in [2.24, 2.45) is 5.73 Å². The Hall–Kier alpha value is -2.47. The van der Waals surface area contributed by atoms with E-state index < -0.39 is 6.61 Å². The number of nitrogens with zero attached hydrogens (tertiary/aromatic N) is 1. The maximum atomic E-state index is 12.9. The lowest BCUT2D eigenvalue weighted by atomic mass is 9.95. The Balaban J connectivity index is 1.80. The number of hydrogen-bond acceptors (Lipinski definition) is 3. The van der Waals surface area contributed by atoms with Gasteiger partial charge in [0.05, 0.1) is 0 Å². The number of rotatable bonds is 4. The van der Waals surface area contributed by atoms with Gasteiger partial charge in [0.25, 0.3) is 5.91 Å². The molecule has 138 valence electrons. The molecule has 26 heavy (non-hydrogen) atoms. The van der Waals surface area contributed by atoms with Crippen molar-refractivity contribution in [2.75, 3.05) is 13.1 Å². The Labute approximate surface area is 151 Å². The van der Waals surface area contributed by atoms with Gasteiger partial charge in [0, 0.05) is 30.6 Å². The van der Waals surface area contributed by atoms with E-state index >= 15 is 0 Å². The van der Waals surface area contributed by atoms with Crippen molar-refractivity contribution in [3.8, 4) is 5.75 Å². The number of ether oxygens (including phenoxy) is 1. The molecule has 2 N–H and O–H groups in total. The van der Waals surface area contributed by atoms with E-state index in [0.29, 0.717) is 29.8 Å². The first kappa shape index (κ1) is 18.3. The summed E-state index contributed by atoms with van der Waals surface area (Å²) in [6.45, 7) is 1.43. The molecular weight excluding hydrogens is 338 g/mol. The molecule has 1 saturated heterocycles. The molecular formula is C20H22F2N2O2. The van der Waals surface area contributed by atoms with Gasteiger partial charge in [-0.15, -0.1) is 0 Å². The maximum Gasteiger partial charge on any atom is 0.387 e. The van der Waals surface area contributed by atoms with Gasteiger partial charge in [-0.3, -0.25) is 4.79 Å². The van der Waals surface area contributed by atoms with Gasteiger partial charge >= 0.3 is 6.61 Å². The number of nitrogens with two attached hydrogens (primary N) is 1. The molecule has 0 aliphatic carbocycles. The first-order valence-corrected chi connectivity index (χ1v) is 8.52. The van der Waals surface area contributed by atoms with Gasteiger partial charge in [-0.1, -0.05) is 30.3 Å². The number of carbonyl (C=O) groups excluding carboxylic acids is 1. The van der Waals surface area contributed by atoms with E-state index in [1.807, 2.05) is 30.3 Å². The molecule has 1 amide bonds. The fourth-order valence-electron chi connectivity index (χ4n) is 3.58. The molecule has 3 rings (SSSR count). The van der Waals surface area contributed by atoms with E-state index in [-0.39, 0.29) is 23.6 Å². The van der Waals surface area contributed by atoms with E-state index in [1.54, 1.807) is 30.9 Å². The average molecular weight is 360 g/mol. The average Bonchev–Trinajstić information content (AvgIpc) is 2.99. The van der Waals surface area contributed by atoms with Crippen LogP contribution in [0.2, 0.25) is 0 Å². The first-order chi connectivity index (χ1) is 12.4. The van der Waals surface area contributed by atoms with Gasteiger partial charge in [0.15, 0.2) is 0 Å². The predicted octanol–water partition coefficient (Wildman–Crippen LogP) is 3.47. The minimum absolute atomic E-state index is 0.0868. The van der Waals surface area contributed by atoms with Gasteiger partial charge in [-0.05, 0) is 42.7 Å². The van der Waals surface area contributed by atoms with Crippen molar-refractivity contribution in [1.82, 2.24) is 4.90 Å². The highest BCUT2D eigenvalue weighted by molar-refractivity contribution is 5.95. The van der Waals surface area contributed by atoms with Crippen LogP contribution in [-0.2, 0) is 0 Å². The van der Waals surface area contributed by atoms with Crippen LogP contribution in [0.25, 0.3) is 0 Å². The SMILES string of the molecule is Cc1cc(C(=O)N2C[C@@H](N)[C@H](c3ccccc3)C2)cc(C)c1OC(F)F. The molecule has 0 unspecified atom stereocenters. The largest absolute Gasteiger partial charge is 0.434 e. The minimum Gasteiger partial charge on any atom is -0.434 e. The molecule has 0 bridgehead atoms. The molecule has 0 aromatic heterocycles. The zero-order valence-corrected chi connectivity index (χ0v) is 14.8. The number of alkyl halides is 2. The normalized spacial score (nSPS) is 19.8. The lowest BCUT2D eigenvalue weighted by Gasteiger charge is -2.18. The summed E-state index contributed by atoms with van der Waals surface area (Å²) in [6, 6.07) is 12.9. The molecule has 2 atom stereocenters. The summed E-state index contributed by atoms with van der Waals surface area (Å²) in [5, 5.41) is 0. The molecule has 2 aromatic carbocycles. The lowest BCUT2D eigenvalue weighted by Crippen LogP contribution is -2.32. The van der Waals surface area contributed by atoms with Crippen LogP contribution in [0.15, 0.2) is 42.5 Å². The fraction of sp³-hybridized carbons (Fsp3) is 0.350. The quantitative estimate of drug-likeness (QED) is 0.908. The Morgan fingerprint density at radius 3 is 2.35 bits per heavy atom. The number of benzene rings is 2. The van der Waals surface area contributed by atoms with E-state index in [4.69, 9.17) is 5.73 Å². The molecule has 1 aliphatic heterocycles. The summed E-state index contributed by atoms with van der Waals surface area (Å²) in [6.07, 6.45) is 0. The van der Waals surface area contributed by atoms with Gasteiger partial charge in [0.2, 0.25) is 0 Å². The van der Waals surface area contributed by atoms with Crippen LogP contribution in [0.3, 0.4) is 0 Å². The second-order valence-electron chi connectivity index (χ2n) is 6.71. The van der Waals surface area contributed by atoms with Crippen molar-refractivity contribution in [3.63, 3.8) is 0 Å². The zero-order valence-electron chi connectivity index (χ0n) is 14.8. The molecule has 0 saturated carbocycles. The number of carbonyl (C=O) groups is 1. The number of halogens is 2. The second kappa shape index (κ2) is 7.41. The molecule has 1 heterocycles. The molecule has 6 heteroatoms. The van der Waals surface area contributed by atoms with Crippen LogP contribution >= 0.6 is 0 Å². The Kier molecular flexibility index (Phi) is 5.23. The summed E-state index contributed by atoms with van der Waals surface area (Å²) >= 11 is 0. The lowest BCUT2D eigenvalue weighted by molar-refractivity contribution is -0.0507. The second-order valence-corrected chi connectivity index (χ2v) is 6.71. The topological polar surface area (TPSA) is 55.6 Å². The third-order valence-electron chi connectivity index (χ3n) is 4.79. The highest BCUT2D eigenvalue weighted by Gasteiger charge is 2.34. The van der Waals surface area contributed by atoms with Crippen LogP contribution in [0.4, 0.5) is 8.78 Å². The van der Waals surface area contributed by atoms with E-state index in [0.717, 1.165) is 5.56 Å². The van der Waals surface area contributed by atoms with E-state index in [2.05, 4.69) is 4.74 Å². The third-order valence-corrected chi connectivity index (χ3v) is 4.79. The predicted molar refractivity (Wildman–Crippen MR) is 95.6 cm³/mol. The monoisotopic (exact) mass is 360 g/mol. The standard InChI is InChI=1S/C20H22F2N2O2/c1-12-8-15(9-13(2)18(12)26-20(21)22)19(25)24-10-16(17(23)11-24)14-6-4-3-5-7-14/h3-9,16-17,20H,10-11,23H2,1-2H3/t16-,17+/m0/s1. The van der Waals surface area contributed by atoms with Crippen LogP contribution in [0.5, 0.6) is 5.75 Å². The fourth-order valence-corrected chi connectivity index (χ4v) is 3.58. The van der Waals surface area contributed by atoms with Crippen LogP contribution in [0, 0.1) is 13.8 Å². The summed E-state index contributed by atoms with van der Waals surface area (Å²) in [5.74, 6) is 0.0642. The number of amides is 1. The summed E-state index contributed by atoms with van der Waals surface area (Å²) in [4.78, 5) is 14.6. The maximum absolute atomic E-state index is 12.9. The smallest absolute Gasteiger partial charge is 0.387 e. The van der Waals surface area contributed by atoms with Gasteiger partial charge in [-0.2, -0.15) is 8.78 Å².